The van der Waals surface area contributed by atoms with Crippen LogP contribution < -0.4 is 0 Å². The van der Waals surface area contributed by atoms with Crippen molar-refractivity contribution < 1.29 is 134 Å². The smallest absolute Gasteiger partial charge is 0.312 e. The van der Waals surface area contributed by atoms with Crippen LogP contribution in [0.3, 0.4) is 0 Å². The number of carbonyl (C=O) groups is 1. The number of carboxylic acids is 1. The predicted octanol–water partition coefficient (Wildman–Crippen LogP) is -3.01. The molecule has 5 saturated heterocycles. The summed E-state index contributed by atoms with van der Waals surface area (Å²) in [7, 11) is 0. The van der Waals surface area contributed by atoms with Crippen LogP contribution in [-0.4, -0.2) is 274 Å². The third-order valence-electron chi connectivity index (χ3n) is 23.2. The molecule has 0 amide bonds. The van der Waals surface area contributed by atoms with Crippen LogP contribution in [0.25, 0.3) is 0 Å². The van der Waals surface area contributed by atoms with Crippen molar-refractivity contribution >= 4 is 5.97 Å². The summed E-state index contributed by atoms with van der Waals surface area (Å²) in [4.78, 5) is 13.3. The maximum Gasteiger partial charge on any atom is 0.312 e. The Kier molecular flexibility index (Phi) is 19.2. The minimum atomic E-state index is -2.13. The Morgan fingerprint density at radius 1 is 0.535 bits per heavy atom. The van der Waals surface area contributed by atoms with E-state index in [0.29, 0.717) is 38.5 Å². The van der Waals surface area contributed by atoms with Crippen molar-refractivity contribution in [2.24, 2.45) is 50.2 Å². The van der Waals surface area contributed by atoms with Gasteiger partial charge in [0.1, 0.15) is 115 Å². The van der Waals surface area contributed by atoms with Crippen molar-refractivity contribution in [3.63, 3.8) is 0 Å². The van der Waals surface area contributed by atoms with Crippen molar-refractivity contribution in [1.29, 1.82) is 0 Å². The zero-order valence-electron chi connectivity index (χ0n) is 50.2. The number of aliphatic hydroxyl groups excluding tert-OH is 15. The second-order valence-corrected chi connectivity index (χ2v) is 28.7. The Hall–Kier alpha value is -1.79. The monoisotopic (exact) mass is 1240 g/mol. The zero-order chi connectivity index (χ0) is 62.9. The summed E-state index contributed by atoms with van der Waals surface area (Å²) in [5.41, 5.74) is -1.95. The maximum atomic E-state index is 13.3. The quantitative estimate of drug-likeness (QED) is 0.0608. The van der Waals surface area contributed by atoms with Crippen molar-refractivity contribution in [1.82, 2.24) is 0 Å². The van der Waals surface area contributed by atoms with E-state index in [-0.39, 0.29) is 34.0 Å². The highest BCUT2D eigenvalue weighted by Crippen LogP contribution is 2.76. The van der Waals surface area contributed by atoms with E-state index < -0.39 is 208 Å². The number of aliphatic carboxylic acids is 1. The summed E-state index contributed by atoms with van der Waals surface area (Å²) < 4.78 is 60.7. The minimum Gasteiger partial charge on any atom is -0.481 e. The van der Waals surface area contributed by atoms with E-state index in [1.807, 2.05) is 0 Å². The molecule has 10 rings (SSSR count). The van der Waals surface area contributed by atoms with Crippen LogP contribution in [-0.2, 0) is 52.2 Å². The lowest BCUT2D eigenvalue weighted by molar-refractivity contribution is -0.404. The van der Waals surface area contributed by atoms with Crippen LogP contribution in [0.2, 0.25) is 0 Å². The van der Waals surface area contributed by atoms with Crippen LogP contribution in [0.4, 0.5) is 0 Å². The van der Waals surface area contributed by atoms with Gasteiger partial charge in [-0.2, -0.15) is 0 Å². The van der Waals surface area contributed by atoms with E-state index in [1.165, 1.54) is 6.92 Å². The van der Waals surface area contributed by atoms with Crippen molar-refractivity contribution in [3.05, 3.63) is 11.6 Å². The van der Waals surface area contributed by atoms with Gasteiger partial charge in [0.2, 0.25) is 0 Å². The summed E-state index contributed by atoms with van der Waals surface area (Å²) in [6, 6.07) is 0. The van der Waals surface area contributed by atoms with E-state index in [2.05, 4.69) is 54.5 Å². The Morgan fingerprint density at radius 2 is 1.10 bits per heavy atom. The topological polar surface area (TPSA) is 433 Å². The van der Waals surface area contributed by atoms with E-state index in [1.54, 1.807) is 0 Å². The van der Waals surface area contributed by atoms with Crippen LogP contribution in [0.5, 0.6) is 0 Å². The summed E-state index contributed by atoms with van der Waals surface area (Å²) in [6.45, 7) is 13.9. The number of carboxylic acid groups (broad SMARTS) is 1. The first-order valence-electron chi connectivity index (χ1n) is 30.7. The Morgan fingerprint density at radius 3 is 1.74 bits per heavy atom. The average molecular weight is 1240 g/mol. The fourth-order valence-electron chi connectivity index (χ4n) is 17.9. The van der Waals surface area contributed by atoms with Gasteiger partial charge in [0.05, 0.1) is 44.7 Å². The molecule has 27 nitrogen and oxygen atoms in total. The third-order valence-corrected chi connectivity index (χ3v) is 23.2. The van der Waals surface area contributed by atoms with Gasteiger partial charge in [-0.05, 0) is 110 Å². The summed E-state index contributed by atoms with van der Waals surface area (Å²) in [5.74, 6) is -1.11. The molecule has 16 N–H and O–H groups in total. The first-order chi connectivity index (χ1) is 40.3. The molecule has 0 spiro atoms. The van der Waals surface area contributed by atoms with E-state index in [4.69, 9.17) is 47.4 Å². The lowest BCUT2D eigenvalue weighted by Crippen LogP contribution is -2.69. The first kappa shape index (κ1) is 67.1. The van der Waals surface area contributed by atoms with Gasteiger partial charge < -0.3 is 129 Å². The first-order valence-corrected chi connectivity index (χ1v) is 30.7. The molecular formula is C59H96O27. The zero-order valence-corrected chi connectivity index (χ0v) is 50.2. The SMILES string of the molecule is C[C@@H]1O[C@@H](O[C@H]2CC[C@]3(C)[C@H]4CC=C5[C@@H]6CC(C)(C)CC[C@]6(C(=O)O)[C@H](O)C[C@@]5(C)[C@]4(C)CC[C@H]3C2(C)C)[C@H](O[C@@H]2O[C@H](CO)[C@@H](O)[C@H](O)[C@H]2O)[C@H](O[C@@H]2O[C@H](CO)[C@@H](O[C@@H]3O[C@H](CO)[C@H](O)[C@H](O[C@@H]4OC[C@@H](O)[C@H](O)[C@H]4O)[C@H]3O)[C@H](O)[C@H]2O)[C@H]1O. The van der Waals surface area contributed by atoms with E-state index in [0.717, 1.165) is 24.8 Å². The van der Waals surface area contributed by atoms with Gasteiger partial charge in [-0.1, -0.05) is 60.1 Å². The van der Waals surface area contributed by atoms with Crippen LogP contribution in [0, 0.1) is 50.2 Å². The van der Waals surface area contributed by atoms with Crippen molar-refractivity contribution in [2.75, 3.05) is 26.4 Å². The van der Waals surface area contributed by atoms with Crippen LogP contribution in [0.15, 0.2) is 11.6 Å². The van der Waals surface area contributed by atoms with Gasteiger partial charge in [-0.25, -0.2) is 0 Å². The molecule has 0 radical (unpaired) electrons. The maximum absolute atomic E-state index is 13.3. The van der Waals surface area contributed by atoms with Crippen LogP contribution >= 0.6 is 0 Å². The number of rotatable bonds is 14. The summed E-state index contributed by atoms with van der Waals surface area (Å²) in [6.07, 6.45) is -36.1. The molecule has 0 aromatic carbocycles. The molecule has 5 heterocycles. The molecule has 9 fully saturated rings. The number of fused-ring (bicyclic) bond motifs is 7. The second kappa shape index (κ2) is 24.6. The number of hydrogen-bond acceptors (Lipinski definition) is 26. The number of allylic oxidation sites excluding steroid dienone is 2. The predicted molar refractivity (Wildman–Crippen MR) is 290 cm³/mol. The van der Waals surface area contributed by atoms with Gasteiger partial charge in [-0.3, -0.25) is 4.79 Å². The normalized spacial score (nSPS) is 54.5. The highest BCUT2D eigenvalue weighted by molar-refractivity contribution is 5.77. The molecule has 86 heavy (non-hydrogen) atoms. The van der Waals surface area contributed by atoms with Gasteiger partial charge in [0.25, 0.3) is 0 Å². The molecule has 0 unspecified atom stereocenters. The standard InChI is InChI=1S/C59H96O27/c1-23-34(65)46(85-50-42(73)39(70)44(29(21-62)81-50)83-51-43(74)45(37(68)28(20-61)80-51)84-48-40(71)35(66)26(63)22-77-48)47(86-49-41(72)38(69)36(67)27(19-60)79-49)52(78-23)82-33-12-13-56(6)30(55(33,4)5)11-14-57(7)31(56)10-9-24-25-17-54(2,3)15-16-59(25,53(75)76)32(64)18-58(24,57)8/h9,23,25-52,60-74H,10-22H2,1-8H3,(H,75,76)/t23-,25-,26+,27+,28+,29+,30-,31+,32+,33-,34-,35-,36+,37-,38-,39+,40+,41+,42+,43+,44+,45-,46+,47+,48-,49-,50-,51-,52-,56-,57+,58+,59+/m0/s1. The van der Waals surface area contributed by atoms with Crippen molar-refractivity contribution in [2.45, 2.75) is 273 Å². The molecule has 27 heteroatoms. The number of ether oxygens (including phenoxy) is 10. The molecule has 0 aromatic heterocycles. The molecule has 5 aliphatic heterocycles. The minimum absolute atomic E-state index is 0.0212. The average Bonchev–Trinajstić information content (AvgIpc) is 0.676. The Labute approximate surface area is 499 Å². The fourth-order valence-corrected chi connectivity index (χ4v) is 17.9. The molecule has 0 bridgehead atoms. The summed E-state index contributed by atoms with van der Waals surface area (Å²) >= 11 is 0. The van der Waals surface area contributed by atoms with Gasteiger partial charge >= 0.3 is 5.97 Å². The van der Waals surface area contributed by atoms with Gasteiger partial charge in [0, 0.05) is 0 Å². The lowest BCUT2D eigenvalue weighted by atomic mass is 9.33. The second-order valence-electron chi connectivity index (χ2n) is 28.7. The highest BCUT2D eigenvalue weighted by atomic mass is 16.8. The number of hydrogen-bond donors (Lipinski definition) is 16. The molecule has 33 atom stereocenters. The molecule has 10 aliphatic rings. The third kappa shape index (κ3) is 11.0. The Balaban J connectivity index is 0.900. The lowest BCUT2D eigenvalue weighted by Gasteiger charge is -2.71. The Bertz CT molecular complexity index is 2400. The van der Waals surface area contributed by atoms with Gasteiger partial charge in [-0.15, -0.1) is 0 Å². The van der Waals surface area contributed by atoms with Crippen molar-refractivity contribution in [3.8, 4) is 0 Å². The van der Waals surface area contributed by atoms with E-state index >= 15 is 0 Å². The van der Waals surface area contributed by atoms with Crippen LogP contribution in [0.1, 0.15) is 113 Å². The molecule has 0 aromatic rings. The molecule has 494 valence electrons. The van der Waals surface area contributed by atoms with Gasteiger partial charge in [0.15, 0.2) is 31.5 Å². The number of aliphatic hydroxyl groups is 15. The molecule has 5 aliphatic carbocycles. The highest BCUT2D eigenvalue weighted by Gasteiger charge is 2.72. The summed E-state index contributed by atoms with van der Waals surface area (Å²) in [5, 5.41) is 176. The molecule has 4 saturated carbocycles. The molecular weight excluding hydrogens is 1140 g/mol. The van der Waals surface area contributed by atoms with E-state index in [9.17, 15) is 86.5 Å². The largest absolute Gasteiger partial charge is 0.481 e. The fraction of sp³-hybridized carbons (Fsp3) is 0.949.